The molecule has 0 radical (unpaired) electrons. The maximum Gasteiger partial charge on any atom is -0.0307 e. The third-order valence-corrected chi connectivity index (χ3v) is 4.87. The molecule has 0 saturated carbocycles. The number of hydrogen-bond acceptors (Lipinski definition) is 0. The summed E-state index contributed by atoms with van der Waals surface area (Å²) >= 11 is 0. The minimum absolute atomic E-state index is 1.14. The van der Waals surface area contributed by atoms with Gasteiger partial charge in [-0.1, -0.05) is 112 Å². The van der Waals surface area contributed by atoms with E-state index in [1.165, 1.54) is 33.4 Å². The summed E-state index contributed by atoms with van der Waals surface area (Å²) in [6.07, 6.45) is 4.58. The van der Waals surface area contributed by atoms with E-state index in [1.807, 2.05) is 0 Å². The molecule has 0 bridgehead atoms. The first-order chi connectivity index (χ1) is 13.5. The molecule has 3 rings (SSSR count). The van der Waals surface area contributed by atoms with E-state index >= 15 is 0 Å². The predicted octanol–water partition coefficient (Wildman–Crippen LogP) is 7.93. The van der Waals surface area contributed by atoms with Crippen LogP contribution >= 0.6 is 0 Å². The van der Waals surface area contributed by atoms with Gasteiger partial charge in [0.05, 0.1) is 0 Å². The van der Waals surface area contributed by atoms with Crippen LogP contribution in [0.3, 0.4) is 0 Å². The largest absolute Gasteiger partial charge is 0.0617 e. The van der Waals surface area contributed by atoms with Crippen LogP contribution < -0.4 is 0 Å². The van der Waals surface area contributed by atoms with Gasteiger partial charge in [0.2, 0.25) is 0 Å². The molecule has 28 heavy (non-hydrogen) atoms. The summed E-state index contributed by atoms with van der Waals surface area (Å²) in [5.41, 5.74) is 8.40. The Kier molecular flexibility index (Phi) is 11.7. The van der Waals surface area contributed by atoms with Crippen molar-refractivity contribution in [2.75, 3.05) is 0 Å². The molecule has 3 aromatic rings. The molecule has 0 saturated heterocycles. The summed E-state index contributed by atoms with van der Waals surface area (Å²) in [5, 5.41) is 0. The summed E-state index contributed by atoms with van der Waals surface area (Å²) in [6.45, 7) is 12.9. The molecule has 0 aromatic heterocycles. The number of benzene rings is 3. The molecular formula is C28H38. The fourth-order valence-electron chi connectivity index (χ4n) is 2.72. The summed E-state index contributed by atoms with van der Waals surface area (Å²) in [7, 11) is 0. The van der Waals surface area contributed by atoms with Gasteiger partial charge in [0.1, 0.15) is 0 Å². The molecule has 0 spiro atoms. The lowest BCUT2D eigenvalue weighted by atomic mass is 10.1. The zero-order chi connectivity index (χ0) is 20.8. The van der Waals surface area contributed by atoms with Crippen LogP contribution in [0.2, 0.25) is 0 Å². The predicted molar refractivity (Wildman–Crippen MR) is 126 cm³/mol. The lowest BCUT2D eigenvalue weighted by molar-refractivity contribution is 1.09. The van der Waals surface area contributed by atoms with Crippen molar-refractivity contribution in [3.8, 4) is 0 Å². The first-order valence-electron chi connectivity index (χ1n) is 10.7. The topological polar surface area (TPSA) is 0 Å². The van der Waals surface area contributed by atoms with Gasteiger partial charge in [0.15, 0.2) is 0 Å². The smallest absolute Gasteiger partial charge is 0.0307 e. The minimum atomic E-state index is 1.14. The van der Waals surface area contributed by atoms with Gasteiger partial charge in [-0.05, 0) is 61.8 Å². The van der Waals surface area contributed by atoms with E-state index in [4.69, 9.17) is 0 Å². The van der Waals surface area contributed by atoms with Crippen LogP contribution in [0.5, 0.6) is 0 Å². The lowest BCUT2D eigenvalue weighted by Crippen LogP contribution is -1.83. The molecular weight excluding hydrogens is 336 g/mol. The minimum Gasteiger partial charge on any atom is -0.0617 e. The fraction of sp³-hybridized carbons (Fsp3) is 0.357. The van der Waals surface area contributed by atoms with Crippen molar-refractivity contribution in [2.45, 2.75) is 67.2 Å². The van der Waals surface area contributed by atoms with Crippen LogP contribution in [-0.2, 0) is 25.7 Å². The van der Waals surface area contributed by atoms with Crippen LogP contribution in [0.25, 0.3) is 0 Å². The van der Waals surface area contributed by atoms with Crippen molar-refractivity contribution in [1.29, 1.82) is 0 Å². The highest BCUT2D eigenvalue weighted by Crippen LogP contribution is 2.06. The molecule has 0 N–H and O–H groups in total. The second-order valence-electron chi connectivity index (χ2n) is 7.21. The Bertz CT molecular complexity index is 701. The SMILES string of the molecule is CCc1ccc(CC)cc1.CCc1cccc(CC)c1.Cc1ccc(C)cc1. The van der Waals surface area contributed by atoms with Crippen molar-refractivity contribution >= 4 is 0 Å². The second kappa shape index (κ2) is 13.8. The van der Waals surface area contributed by atoms with E-state index < -0.39 is 0 Å². The van der Waals surface area contributed by atoms with Crippen LogP contribution in [0.1, 0.15) is 61.1 Å². The molecule has 0 nitrogen and oxygen atoms in total. The Hall–Kier alpha value is -2.34. The van der Waals surface area contributed by atoms with E-state index in [0.717, 1.165) is 25.7 Å². The van der Waals surface area contributed by atoms with Crippen LogP contribution in [0.15, 0.2) is 72.8 Å². The molecule has 0 aliphatic heterocycles. The van der Waals surface area contributed by atoms with Gasteiger partial charge in [-0.25, -0.2) is 0 Å². The van der Waals surface area contributed by atoms with Crippen molar-refractivity contribution in [3.63, 3.8) is 0 Å². The van der Waals surface area contributed by atoms with Crippen LogP contribution in [0.4, 0.5) is 0 Å². The normalized spacial score (nSPS) is 9.64. The molecule has 0 aliphatic rings. The van der Waals surface area contributed by atoms with Crippen LogP contribution in [-0.4, -0.2) is 0 Å². The van der Waals surface area contributed by atoms with Crippen molar-refractivity contribution in [3.05, 3.63) is 106 Å². The van der Waals surface area contributed by atoms with Gasteiger partial charge in [0, 0.05) is 0 Å². The molecule has 0 heterocycles. The van der Waals surface area contributed by atoms with Gasteiger partial charge in [-0.2, -0.15) is 0 Å². The standard InChI is InChI=1S/2C10H14.C8H10/c1-3-9-5-7-10(4-2)8-6-9;1-3-9-6-5-7-10(4-2)8-9;1-7-3-5-8(2)6-4-7/h2*5-8H,3-4H2,1-2H3;3-6H,1-2H3. The molecule has 0 heteroatoms. The van der Waals surface area contributed by atoms with Gasteiger partial charge in [-0.15, -0.1) is 0 Å². The number of rotatable bonds is 4. The summed E-state index contributed by atoms with van der Waals surface area (Å²) in [6, 6.07) is 26.1. The molecule has 0 amide bonds. The van der Waals surface area contributed by atoms with Gasteiger partial charge in [-0.3, -0.25) is 0 Å². The summed E-state index contributed by atoms with van der Waals surface area (Å²) in [5.74, 6) is 0. The van der Waals surface area contributed by atoms with E-state index in [1.54, 1.807) is 0 Å². The van der Waals surface area contributed by atoms with E-state index in [-0.39, 0.29) is 0 Å². The summed E-state index contributed by atoms with van der Waals surface area (Å²) < 4.78 is 0. The zero-order valence-electron chi connectivity index (χ0n) is 18.8. The van der Waals surface area contributed by atoms with E-state index in [0.29, 0.717) is 0 Å². The quantitative estimate of drug-likeness (QED) is 0.435. The maximum absolute atomic E-state index is 2.28. The first kappa shape index (κ1) is 23.7. The van der Waals surface area contributed by atoms with Crippen molar-refractivity contribution in [2.24, 2.45) is 0 Å². The highest BCUT2D eigenvalue weighted by molar-refractivity contribution is 5.23. The monoisotopic (exact) mass is 374 g/mol. The van der Waals surface area contributed by atoms with E-state index in [2.05, 4.69) is 114 Å². The highest BCUT2D eigenvalue weighted by Gasteiger charge is 1.90. The number of aryl methyl sites for hydroxylation is 6. The highest BCUT2D eigenvalue weighted by atomic mass is 14.0. The zero-order valence-corrected chi connectivity index (χ0v) is 18.8. The molecule has 0 aliphatic carbocycles. The average molecular weight is 375 g/mol. The Morgan fingerprint density at radius 3 is 1.04 bits per heavy atom. The molecule has 0 atom stereocenters. The Morgan fingerprint density at radius 2 is 0.750 bits per heavy atom. The Morgan fingerprint density at radius 1 is 0.429 bits per heavy atom. The molecule has 3 aromatic carbocycles. The van der Waals surface area contributed by atoms with Crippen LogP contribution in [0, 0.1) is 13.8 Å². The van der Waals surface area contributed by atoms with E-state index in [9.17, 15) is 0 Å². The van der Waals surface area contributed by atoms with Gasteiger partial charge >= 0.3 is 0 Å². The third kappa shape index (κ3) is 9.55. The average Bonchev–Trinajstić information content (AvgIpc) is 2.76. The maximum atomic E-state index is 2.28. The summed E-state index contributed by atoms with van der Waals surface area (Å²) in [4.78, 5) is 0. The molecule has 0 unspecified atom stereocenters. The van der Waals surface area contributed by atoms with Crippen molar-refractivity contribution < 1.29 is 0 Å². The van der Waals surface area contributed by atoms with Gasteiger partial charge in [0.25, 0.3) is 0 Å². The van der Waals surface area contributed by atoms with Crippen molar-refractivity contribution in [1.82, 2.24) is 0 Å². The molecule has 150 valence electrons. The number of hydrogen-bond donors (Lipinski definition) is 0. The lowest BCUT2D eigenvalue weighted by Gasteiger charge is -1.98. The third-order valence-electron chi connectivity index (χ3n) is 4.87. The Balaban J connectivity index is 0.000000212. The molecule has 0 fully saturated rings. The van der Waals surface area contributed by atoms with Gasteiger partial charge < -0.3 is 0 Å². The Labute approximate surface area is 173 Å². The first-order valence-corrected chi connectivity index (χ1v) is 10.7. The fourth-order valence-corrected chi connectivity index (χ4v) is 2.72. The second-order valence-corrected chi connectivity index (χ2v) is 7.21.